The molecular weight excluding hydrogens is 436 g/mol. The third kappa shape index (κ3) is 4.35. The number of hydrogen-bond donors (Lipinski definition) is 2. The molecule has 2 aromatic heterocycles. The molecule has 3 heterocycles. The zero-order chi connectivity index (χ0) is 23.8. The summed E-state index contributed by atoms with van der Waals surface area (Å²) in [6, 6.07) is 23.2. The Morgan fingerprint density at radius 3 is 2.66 bits per heavy atom. The Labute approximate surface area is 204 Å². The summed E-state index contributed by atoms with van der Waals surface area (Å²) in [5.74, 6) is 1.56. The normalized spacial score (nSPS) is 15.1. The number of aromatic nitrogens is 4. The minimum Gasteiger partial charge on any atom is -0.489 e. The number of H-pyrrole nitrogens is 2. The number of rotatable bonds is 6. The Hall–Kier alpha value is -3.84. The maximum Gasteiger partial charge on any atom is 0.159 e. The van der Waals surface area contributed by atoms with E-state index in [1.165, 1.54) is 18.5 Å². The second-order valence-corrected chi connectivity index (χ2v) is 9.49. The fourth-order valence-corrected chi connectivity index (χ4v) is 4.93. The highest BCUT2D eigenvalue weighted by Gasteiger charge is 2.21. The van der Waals surface area contributed by atoms with Gasteiger partial charge in [-0.3, -0.25) is 5.10 Å². The third-order valence-corrected chi connectivity index (χ3v) is 7.12. The highest BCUT2D eigenvalue weighted by Crippen LogP contribution is 2.31. The van der Waals surface area contributed by atoms with Gasteiger partial charge in [0.2, 0.25) is 0 Å². The first kappa shape index (κ1) is 21.7. The SMILES string of the molecule is CN1CCC(N(C)c2ccc3nc(-c4n[nH]c5ccc(OCc6ccccc6)cc45)[nH]c3c2)CC1. The van der Waals surface area contributed by atoms with Crippen LogP contribution in [0.1, 0.15) is 18.4 Å². The van der Waals surface area contributed by atoms with Crippen LogP contribution in [0.5, 0.6) is 5.75 Å². The third-order valence-electron chi connectivity index (χ3n) is 7.12. The van der Waals surface area contributed by atoms with E-state index in [9.17, 15) is 0 Å². The van der Waals surface area contributed by atoms with Crippen LogP contribution in [0.2, 0.25) is 0 Å². The molecule has 7 nitrogen and oxygen atoms in total. The number of nitrogens with zero attached hydrogens (tertiary/aromatic N) is 4. The topological polar surface area (TPSA) is 73.1 Å². The van der Waals surface area contributed by atoms with Crippen LogP contribution >= 0.6 is 0 Å². The number of fused-ring (bicyclic) bond motifs is 2. The Bertz CT molecular complexity index is 1450. The predicted molar refractivity (Wildman–Crippen MR) is 141 cm³/mol. The second kappa shape index (κ2) is 9.07. The van der Waals surface area contributed by atoms with E-state index < -0.39 is 0 Å². The molecule has 0 spiro atoms. The van der Waals surface area contributed by atoms with Crippen LogP contribution in [0.3, 0.4) is 0 Å². The molecule has 7 heteroatoms. The highest BCUT2D eigenvalue weighted by atomic mass is 16.5. The van der Waals surface area contributed by atoms with Gasteiger partial charge in [0, 0.05) is 24.2 Å². The molecule has 0 saturated carbocycles. The van der Waals surface area contributed by atoms with Gasteiger partial charge in [0.25, 0.3) is 0 Å². The van der Waals surface area contributed by atoms with E-state index in [1.807, 2.05) is 36.4 Å². The molecule has 0 unspecified atom stereocenters. The molecular formula is C28H30N6O. The van der Waals surface area contributed by atoms with E-state index in [2.05, 4.69) is 69.4 Å². The second-order valence-electron chi connectivity index (χ2n) is 9.49. The first-order valence-corrected chi connectivity index (χ1v) is 12.2. The van der Waals surface area contributed by atoms with Crippen molar-refractivity contribution in [1.29, 1.82) is 0 Å². The van der Waals surface area contributed by atoms with Crippen LogP contribution in [-0.2, 0) is 6.61 Å². The lowest BCUT2D eigenvalue weighted by Gasteiger charge is -2.36. The fraction of sp³-hybridized carbons (Fsp3) is 0.286. The van der Waals surface area contributed by atoms with Gasteiger partial charge in [-0.05, 0) is 74.9 Å². The van der Waals surface area contributed by atoms with Gasteiger partial charge in [-0.25, -0.2) is 4.98 Å². The van der Waals surface area contributed by atoms with Crippen LogP contribution in [0.25, 0.3) is 33.5 Å². The van der Waals surface area contributed by atoms with Crippen LogP contribution in [0, 0.1) is 0 Å². The summed E-state index contributed by atoms with van der Waals surface area (Å²) in [5.41, 5.74) is 6.06. The van der Waals surface area contributed by atoms with Crippen molar-refractivity contribution in [3.63, 3.8) is 0 Å². The van der Waals surface area contributed by atoms with Gasteiger partial charge >= 0.3 is 0 Å². The molecule has 6 rings (SSSR count). The fourth-order valence-electron chi connectivity index (χ4n) is 4.93. The molecule has 1 saturated heterocycles. The molecule has 1 aliphatic heterocycles. The number of nitrogens with one attached hydrogen (secondary N) is 2. The number of piperidine rings is 1. The van der Waals surface area contributed by atoms with Crippen molar-refractivity contribution in [2.45, 2.75) is 25.5 Å². The minimum atomic E-state index is 0.526. The van der Waals surface area contributed by atoms with Crippen LogP contribution in [0.15, 0.2) is 66.7 Å². The maximum absolute atomic E-state index is 6.04. The van der Waals surface area contributed by atoms with Crippen molar-refractivity contribution in [3.05, 3.63) is 72.3 Å². The summed E-state index contributed by atoms with van der Waals surface area (Å²) < 4.78 is 6.04. The van der Waals surface area contributed by atoms with Crippen molar-refractivity contribution < 1.29 is 4.74 Å². The molecule has 35 heavy (non-hydrogen) atoms. The smallest absolute Gasteiger partial charge is 0.159 e. The van der Waals surface area contributed by atoms with Gasteiger partial charge in [-0.15, -0.1) is 0 Å². The van der Waals surface area contributed by atoms with Gasteiger partial charge in [0.15, 0.2) is 5.82 Å². The first-order chi connectivity index (χ1) is 17.1. The lowest BCUT2D eigenvalue weighted by atomic mass is 10.0. The molecule has 0 radical (unpaired) electrons. The highest BCUT2D eigenvalue weighted by molar-refractivity contribution is 5.94. The number of benzene rings is 3. The van der Waals surface area contributed by atoms with Gasteiger partial charge in [-0.2, -0.15) is 5.10 Å². The van der Waals surface area contributed by atoms with Gasteiger partial charge in [-0.1, -0.05) is 30.3 Å². The Balaban J connectivity index is 1.26. The average Bonchev–Trinajstić information content (AvgIpc) is 3.51. The summed E-state index contributed by atoms with van der Waals surface area (Å²) in [6.07, 6.45) is 2.38. The van der Waals surface area contributed by atoms with Gasteiger partial charge in [0.05, 0.1) is 16.6 Å². The molecule has 5 aromatic rings. The first-order valence-electron chi connectivity index (χ1n) is 12.2. The number of likely N-dealkylation sites (tertiary alicyclic amines) is 1. The van der Waals surface area contributed by atoms with Crippen molar-refractivity contribution in [3.8, 4) is 17.3 Å². The van der Waals surface area contributed by atoms with Gasteiger partial charge in [0.1, 0.15) is 18.1 Å². The summed E-state index contributed by atoms with van der Waals surface area (Å²) in [5, 5.41) is 8.68. The molecule has 0 amide bonds. The van der Waals surface area contributed by atoms with Gasteiger partial charge < -0.3 is 19.5 Å². The lowest BCUT2D eigenvalue weighted by Crippen LogP contribution is -2.41. The molecule has 1 fully saturated rings. The molecule has 0 bridgehead atoms. The Kier molecular flexibility index (Phi) is 5.62. The minimum absolute atomic E-state index is 0.526. The van der Waals surface area contributed by atoms with E-state index in [0.29, 0.717) is 12.6 Å². The van der Waals surface area contributed by atoms with Crippen molar-refractivity contribution >= 4 is 27.6 Å². The van der Waals surface area contributed by atoms with E-state index in [1.54, 1.807) is 0 Å². The van der Waals surface area contributed by atoms with E-state index in [-0.39, 0.29) is 0 Å². The maximum atomic E-state index is 6.04. The largest absolute Gasteiger partial charge is 0.489 e. The number of ether oxygens (including phenoxy) is 1. The summed E-state index contributed by atoms with van der Waals surface area (Å²) in [7, 11) is 4.40. The monoisotopic (exact) mass is 466 g/mol. The lowest BCUT2D eigenvalue weighted by molar-refractivity contribution is 0.253. The molecule has 1 aliphatic rings. The van der Waals surface area contributed by atoms with Crippen molar-refractivity contribution in [1.82, 2.24) is 25.1 Å². The predicted octanol–water partition coefficient (Wildman–Crippen LogP) is 5.22. The quantitative estimate of drug-likeness (QED) is 0.359. The summed E-state index contributed by atoms with van der Waals surface area (Å²) >= 11 is 0. The number of hydrogen-bond acceptors (Lipinski definition) is 5. The number of aromatic amines is 2. The molecule has 178 valence electrons. The molecule has 0 aliphatic carbocycles. The molecule has 0 atom stereocenters. The summed E-state index contributed by atoms with van der Waals surface area (Å²) in [6.45, 7) is 2.82. The Morgan fingerprint density at radius 1 is 1.00 bits per heavy atom. The zero-order valence-corrected chi connectivity index (χ0v) is 20.2. The number of anilines is 1. The van der Waals surface area contributed by atoms with E-state index >= 15 is 0 Å². The Morgan fingerprint density at radius 2 is 1.83 bits per heavy atom. The van der Waals surface area contributed by atoms with E-state index in [4.69, 9.17) is 9.72 Å². The standard InChI is InChI=1S/C28H30N6O/c1-33-14-12-20(13-15-33)34(2)21-8-10-25-26(16-21)30-28(29-25)27-23-17-22(9-11-24(23)31-32-27)35-18-19-6-4-3-5-7-19/h3-11,16-17,20H,12-15,18H2,1-2H3,(H,29,30)(H,31,32). The zero-order valence-electron chi connectivity index (χ0n) is 20.2. The van der Waals surface area contributed by atoms with Crippen LogP contribution < -0.4 is 9.64 Å². The summed E-state index contributed by atoms with van der Waals surface area (Å²) in [4.78, 5) is 13.2. The molecule has 2 N–H and O–H groups in total. The van der Waals surface area contributed by atoms with E-state index in [0.717, 1.165) is 57.9 Å². The average molecular weight is 467 g/mol. The van der Waals surface area contributed by atoms with Crippen LogP contribution in [-0.4, -0.2) is 58.3 Å². The van der Waals surface area contributed by atoms with Crippen LogP contribution in [0.4, 0.5) is 5.69 Å². The van der Waals surface area contributed by atoms with Crippen molar-refractivity contribution in [2.24, 2.45) is 0 Å². The molecule has 3 aromatic carbocycles. The van der Waals surface area contributed by atoms with Crippen molar-refractivity contribution in [2.75, 3.05) is 32.1 Å². The number of imidazole rings is 1.